The predicted octanol–water partition coefficient (Wildman–Crippen LogP) is 3.36. The number of anilines is 1. The highest BCUT2D eigenvalue weighted by Crippen LogP contribution is 2.30. The van der Waals surface area contributed by atoms with Gasteiger partial charge in [-0.25, -0.2) is 4.98 Å². The lowest BCUT2D eigenvalue weighted by atomic mass is 9.97. The number of hydrogen-bond acceptors (Lipinski definition) is 4. The van der Waals surface area contributed by atoms with E-state index in [1.54, 1.807) is 17.4 Å². The molecule has 3 rings (SSSR count). The Kier molecular flexibility index (Phi) is 4.16. The van der Waals surface area contributed by atoms with Crippen LogP contribution in [0.15, 0.2) is 23.6 Å². The molecule has 1 aliphatic rings. The van der Waals surface area contributed by atoms with Gasteiger partial charge in [0.1, 0.15) is 0 Å². The number of piperidine rings is 1. The molecule has 22 heavy (non-hydrogen) atoms. The molecule has 2 N–H and O–H groups in total. The number of hydrogen-bond donors (Lipinski definition) is 1. The van der Waals surface area contributed by atoms with Crippen molar-refractivity contribution in [3.63, 3.8) is 0 Å². The number of carbonyl (C=O) groups excluding carboxylic acids is 1. The van der Waals surface area contributed by atoms with Gasteiger partial charge in [-0.1, -0.05) is 6.07 Å². The van der Waals surface area contributed by atoms with Crippen molar-refractivity contribution in [1.29, 1.82) is 0 Å². The van der Waals surface area contributed by atoms with Crippen LogP contribution in [0.5, 0.6) is 0 Å². The Morgan fingerprint density at radius 3 is 2.95 bits per heavy atom. The molecule has 1 amide bonds. The lowest BCUT2D eigenvalue weighted by Crippen LogP contribution is -2.39. The van der Waals surface area contributed by atoms with Gasteiger partial charge in [-0.05, 0) is 44.4 Å². The van der Waals surface area contributed by atoms with Crippen molar-refractivity contribution in [3.05, 3.63) is 45.4 Å². The number of amides is 1. The molecule has 1 saturated heterocycles. The molecule has 1 aromatic carbocycles. The lowest BCUT2D eigenvalue weighted by Gasteiger charge is -2.32. The molecular weight excluding hydrogens is 294 g/mol. The molecule has 0 radical (unpaired) electrons. The van der Waals surface area contributed by atoms with E-state index in [4.69, 9.17) is 5.73 Å². The summed E-state index contributed by atoms with van der Waals surface area (Å²) in [5.74, 6) is 0.445. The molecule has 116 valence electrons. The topological polar surface area (TPSA) is 59.2 Å². The van der Waals surface area contributed by atoms with E-state index in [0.717, 1.165) is 47.8 Å². The first-order valence-corrected chi connectivity index (χ1v) is 8.50. The summed E-state index contributed by atoms with van der Waals surface area (Å²) in [6.07, 6.45) is 2.13. The maximum atomic E-state index is 12.8. The van der Waals surface area contributed by atoms with Crippen molar-refractivity contribution >= 4 is 22.9 Å². The molecule has 5 heteroatoms. The first-order valence-electron chi connectivity index (χ1n) is 7.62. The van der Waals surface area contributed by atoms with Crippen molar-refractivity contribution in [1.82, 2.24) is 9.88 Å². The fraction of sp³-hybridized carbons (Fsp3) is 0.412. The summed E-state index contributed by atoms with van der Waals surface area (Å²) < 4.78 is 0. The molecule has 0 aliphatic carbocycles. The summed E-state index contributed by atoms with van der Waals surface area (Å²) in [6, 6.07) is 5.53. The maximum absolute atomic E-state index is 12.8. The number of likely N-dealkylation sites (tertiary alicyclic amines) is 1. The third-order valence-electron chi connectivity index (χ3n) is 4.19. The van der Waals surface area contributed by atoms with Crippen LogP contribution in [-0.4, -0.2) is 28.9 Å². The van der Waals surface area contributed by atoms with E-state index >= 15 is 0 Å². The molecule has 1 unspecified atom stereocenters. The molecule has 0 bridgehead atoms. The van der Waals surface area contributed by atoms with Crippen molar-refractivity contribution < 1.29 is 4.79 Å². The van der Waals surface area contributed by atoms with Crippen molar-refractivity contribution in [2.24, 2.45) is 0 Å². The van der Waals surface area contributed by atoms with Crippen LogP contribution in [0.3, 0.4) is 0 Å². The maximum Gasteiger partial charge on any atom is 0.254 e. The molecule has 0 spiro atoms. The van der Waals surface area contributed by atoms with Gasteiger partial charge in [0.2, 0.25) is 0 Å². The number of thiazole rings is 1. The van der Waals surface area contributed by atoms with Crippen LogP contribution in [0.25, 0.3) is 0 Å². The molecule has 2 heterocycles. The van der Waals surface area contributed by atoms with Crippen LogP contribution in [0.1, 0.15) is 45.4 Å². The van der Waals surface area contributed by atoms with E-state index in [1.165, 1.54) is 0 Å². The Morgan fingerprint density at radius 2 is 2.23 bits per heavy atom. The highest BCUT2D eigenvalue weighted by atomic mass is 32.1. The Morgan fingerprint density at radius 1 is 1.41 bits per heavy atom. The van der Waals surface area contributed by atoms with E-state index in [2.05, 4.69) is 10.4 Å². The standard InChI is InChI=1S/C17H21N3OS/c1-11-5-6-14(18)8-15(11)17(21)20-7-3-4-13(9-20)16-19-12(2)10-22-16/h5-6,8,10,13H,3-4,7,9,18H2,1-2H3. The predicted molar refractivity (Wildman–Crippen MR) is 90.3 cm³/mol. The van der Waals surface area contributed by atoms with Gasteiger partial charge in [-0.15, -0.1) is 11.3 Å². The minimum absolute atomic E-state index is 0.0859. The monoisotopic (exact) mass is 315 g/mol. The van der Waals surface area contributed by atoms with Crippen LogP contribution in [0.2, 0.25) is 0 Å². The normalized spacial score (nSPS) is 18.5. The minimum atomic E-state index is 0.0859. The summed E-state index contributed by atoms with van der Waals surface area (Å²) >= 11 is 1.70. The second-order valence-electron chi connectivity index (χ2n) is 5.99. The number of carbonyl (C=O) groups is 1. The minimum Gasteiger partial charge on any atom is -0.399 e. The van der Waals surface area contributed by atoms with Crippen LogP contribution in [0, 0.1) is 13.8 Å². The van der Waals surface area contributed by atoms with Crippen molar-refractivity contribution in [2.45, 2.75) is 32.6 Å². The van der Waals surface area contributed by atoms with Crippen LogP contribution >= 0.6 is 11.3 Å². The SMILES string of the molecule is Cc1csc(C2CCCN(C(=O)c3cc(N)ccc3C)C2)n1. The fourth-order valence-electron chi connectivity index (χ4n) is 2.96. The first kappa shape index (κ1) is 15.0. The highest BCUT2D eigenvalue weighted by molar-refractivity contribution is 7.09. The number of aromatic nitrogens is 1. The molecule has 1 aromatic heterocycles. The number of rotatable bonds is 2. The molecule has 0 saturated carbocycles. The quantitative estimate of drug-likeness (QED) is 0.865. The highest BCUT2D eigenvalue weighted by Gasteiger charge is 2.27. The molecule has 1 aliphatic heterocycles. The zero-order chi connectivity index (χ0) is 15.7. The summed E-state index contributed by atoms with van der Waals surface area (Å²) in [5, 5.41) is 3.23. The second-order valence-corrected chi connectivity index (χ2v) is 6.88. The average molecular weight is 315 g/mol. The van der Waals surface area contributed by atoms with Gasteiger partial charge in [-0.2, -0.15) is 0 Å². The zero-order valence-corrected chi connectivity index (χ0v) is 13.8. The number of benzene rings is 1. The smallest absolute Gasteiger partial charge is 0.254 e. The summed E-state index contributed by atoms with van der Waals surface area (Å²) in [6.45, 7) is 5.54. The van der Waals surface area contributed by atoms with Gasteiger partial charge in [0, 0.05) is 41.3 Å². The Hall–Kier alpha value is -1.88. The van der Waals surface area contributed by atoms with Gasteiger partial charge in [-0.3, -0.25) is 4.79 Å². The summed E-state index contributed by atoms with van der Waals surface area (Å²) in [4.78, 5) is 19.4. The third-order valence-corrected chi connectivity index (χ3v) is 5.31. The van der Waals surface area contributed by atoms with Gasteiger partial charge in [0.25, 0.3) is 5.91 Å². The van der Waals surface area contributed by atoms with E-state index in [-0.39, 0.29) is 5.91 Å². The Labute approximate surface area is 135 Å². The van der Waals surface area contributed by atoms with Gasteiger partial charge in [0.05, 0.1) is 5.01 Å². The van der Waals surface area contributed by atoms with Gasteiger partial charge >= 0.3 is 0 Å². The second kappa shape index (κ2) is 6.08. The number of nitrogen functional groups attached to an aromatic ring is 1. The Balaban J connectivity index is 1.79. The number of nitrogens with two attached hydrogens (primary N) is 1. The zero-order valence-electron chi connectivity index (χ0n) is 13.0. The lowest BCUT2D eigenvalue weighted by molar-refractivity contribution is 0.0706. The van der Waals surface area contributed by atoms with Crippen LogP contribution in [-0.2, 0) is 0 Å². The third kappa shape index (κ3) is 2.99. The van der Waals surface area contributed by atoms with Gasteiger partial charge in [0.15, 0.2) is 0 Å². The van der Waals surface area contributed by atoms with Gasteiger partial charge < -0.3 is 10.6 Å². The van der Waals surface area contributed by atoms with E-state index in [0.29, 0.717) is 11.6 Å². The largest absolute Gasteiger partial charge is 0.399 e. The number of nitrogens with zero attached hydrogens (tertiary/aromatic N) is 2. The van der Waals surface area contributed by atoms with Crippen LogP contribution in [0.4, 0.5) is 5.69 Å². The molecule has 1 fully saturated rings. The van der Waals surface area contributed by atoms with E-state index < -0.39 is 0 Å². The van der Waals surface area contributed by atoms with Crippen molar-refractivity contribution in [2.75, 3.05) is 18.8 Å². The number of aryl methyl sites for hydroxylation is 2. The van der Waals surface area contributed by atoms with E-state index in [9.17, 15) is 4.79 Å². The van der Waals surface area contributed by atoms with Crippen molar-refractivity contribution in [3.8, 4) is 0 Å². The van der Waals surface area contributed by atoms with Crippen LogP contribution < -0.4 is 5.73 Å². The first-order chi connectivity index (χ1) is 10.5. The average Bonchev–Trinajstić information content (AvgIpc) is 2.96. The van der Waals surface area contributed by atoms with E-state index in [1.807, 2.05) is 30.9 Å². The summed E-state index contributed by atoms with van der Waals surface area (Å²) in [5.41, 5.74) is 9.24. The molecular formula is C17H21N3OS. The molecule has 2 aromatic rings. The molecule has 4 nitrogen and oxygen atoms in total. The summed E-state index contributed by atoms with van der Waals surface area (Å²) in [7, 11) is 0. The fourth-order valence-corrected chi connectivity index (χ4v) is 3.89. The molecule has 1 atom stereocenters. The Bertz CT molecular complexity index is 695.